The third-order valence-electron chi connectivity index (χ3n) is 3.63. The number of rotatable bonds is 7. The number of amides is 1. The van der Waals surface area contributed by atoms with Crippen LogP contribution in [-0.2, 0) is 4.79 Å². The number of aryl methyl sites for hydroxylation is 1. The Morgan fingerprint density at radius 2 is 1.67 bits per heavy atom. The molecule has 0 aliphatic heterocycles. The van der Waals surface area contributed by atoms with Gasteiger partial charge < -0.3 is 9.47 Å². The molecule has 1 amide bonds. The largest absolute Gasteiger partial charge is 0.484 e. The molecule has 0 unspecified atom stereocenters. The molecule has 0 radical (unpaired) electrons. The number of nitrogens with zero attached hydrogens (tertiary/aromatic N) is 1. The van der Waals surface area contributed by atoms with Crippen LogP contribution in [0.2, 0.25) is 0 Å². The Morgan fingerprint density at radius 3 is 2.44 bits per heavy atom. The van der Waals surface area contributed by atoms with Crippen LogP contribution < -0.4 is 14.9 Å². The van der Waals surface area contributed by atoms with Gasteiger partial charge in [0.1, 0.15) is 17.2 Å². The van der Waals surface area contributed by atoms with Gasteiger partial charge in [-0.25, -0.2) is 5.43 Å². The van der Waals surface area contributed by atoms with Gasteiger partial charge in [0.2, 0.25) is 0 Å². The van der Waals surface area contributed by atoms with Crippen LogP contribution in [0, 0.1) is 6.92 Å². The number of carbonyl (C=O) groups excluding carboxylic acids is 1. The minimum absolute atomic E-state index is 0.0996. The maximum atomic E-state index is 11.8. The molecule has 0 fully saturated rings. The molecule has 0 saturated carbocycles. The summed E-state index contributed by atoms with van der Waals surface area (Å²) in [6.45, 7) is 1.89. The third-order valence-corrected chi connectivity index (χ3v) is 3.63. The number of ether oxygens (including phenoxy) is 2. The number of hydrogen-bond acceptors (Lipinski definition) is 4. The van der Waals surface area contributed by atoms with E-state index in [2.05, 4.69) is 10.5 Å². The molecular formula is C22H20N2O3. The Kier molecular flexibility index (Phi) is 6.20. The second-order valence-electron chi connectivity index (χ2n) is 5.88. The van der Waals surface area contributed by atoms with Crippen LogP contribution in [-0.4, -0.2) is 18.7 Å². The molecule has 3 aromatic rings. The van der Waals surface area contributed by atoms with E-state index in [-0.39, 0.29) is 12.5 Å². The second kappa shape index (κ2) is 9.20. The first-order chi connectivity index (χ1) is 13.2. The van der Waals surface area contributed by atoms with E-state index in [0.717, 1.165) is 16.9 Å². The maximum Gasteiger partial charge on any atom is 0.277 e. The number of nitrogens with one attached hydrogen (secondary N) is 1. The lowest BCUT2D eigenvalue weighted by Gasteiger charge is -2.06. The molecule has 5 nitrogen and oxygen atoms in total. The first-order valence-electron chi connectivity index (χ1n) is 8.53. The summed E-state index contributed by atoms with van der Waals surface area (Å²) in [5.74, 6) is 1.77. The van der Waals surface area contributed by atoms with Gasteiger partial charge in [-0.1, -0.05) is 48.0 Å². The van der Waals surface area contributed by atoms with Crippen molar-refractivity contribution in [1.29, 1.82) is 0 Å². The third kappa shape index (κ3) is 6.01. The van der Waals surface area contributed by atoms with E-state index in [0.29, 0.717) is 11.5 Å². The van der Waals surface area contributed by atoms with E-state index in [1.165, 1.54) is 0 Å². The highest BCUT2D eigenvalue weighted by Gasteiger charge is 2.01. The summed E-state index contributed by atoms with van der Waals surface area (Å²) in [5.41, 5.74) is 4.39. The Labute approximate surface area is 158 Å². The topological polar surface area (TPSA) is 59.9 Å². The normalized spacial score (nSPS) is 10.6. The molecule has 0 aliphatic rings. The van der Waals surface area contributed by atoms with Gasteiger partial charge >= 0.3 is 0 Å². The number of benzene rings is 3. The van der Waals surface area contributed by atoms with Gasteiger partial charge in [0.25, 0.3) is 5.91 Å². The van der Waals surface area contributed by atoms with Crippen LogP contribution in [0.25, 0.3) is 0 Å². The fourth-order valence-corrected chi connectivity index (χ4v) is 2.28. The minimum Gasteiger partial charge on any atom is -0.484 e. The van der Waals surface area contributed by atoms with Crippen molar-refractivity contribution in [2.45, 2.75) is 6.92 Å². The van der Waals surface area contributed by atoms with E-state index >= 15 is 0 Å². The van der Waals surface area contributed by atoms with Crippen LogP contribution in [0.5, 0.6) is 17.2 Å². The Morgan fingerprint density at radius 1 is 0.926 bits per heavy atom. The van der Waals surface area contributed by atoms with Crippen molar-refractivity contribution in [1.82, 2.24) is 5.43 Å². The molecule has 0 aromatic heterocycles. The lowest BCUT2D eigenvalue weighted by molar-refractivity contribution is -0.123. The highest BCUT2D eigenvalue weighted by Crippen LogP contribution is 2.21. The average Bonchev–Trinajstić information content (AvgIpc) is 2.69. The average molecular weight is 360 g/mol. The molecule has 0 bridgehead atoms. The number of para-hydroxylation sites is 1. The molecule has 1 N–H and O–H groups in total. The molecule has 3 rings (SSSR count). The second-order valence-corrected chi connectivity index (χ2v) is 5.88. The summed E-state index contributed by atoms with van der Waals surface area (Å²) in [7, 11) is 0. The first kappa shape index (κ1) is 18.2. The molecular weight excluding hydrogens is 340 g/mol. The zero-order valence-electron chi connectivity index (χ0n) is 15.0. The van der Waals surface area contributed by atoms with E-state index in [1.54, 1.807) is 6.21 Å². The lowest BCUT2D eigenvalue weighted by Crippen LogP contribution is -2.24. The lowest BCUT2D eigenvalue weighted by atomic mass is 10.2. The van der Waals surface area contributed by atoms with E-state index in [1.807, 2.05) is 85.8 Å². The SMILES string of the molecule is Cc1ccc(OCC(=O)NN=Cc2cccc(Oc3ccccc3)c2)cc1. The van der Waals surface area contributed by atoms with Gasteiger partial charge in [-0.15, -0.1) is 0 Å². The molecule has 0 saturated heterocycles. The zero-order chi connectivity index (χ0) is 18.9. The monoisotopic (exact) mass is 360 g/mol. The summed E-state index contributed by atoms with van der Waals surface area (Å²) in [4.78, 5) is 11.8. The fraction of sp³-hybridized carbons (Fsp3) is 0.0909. The predicted octanol–water partition coefficient (Wildman–Crippen LogP) is 4.32. The van der Waals surface area contributed by atoms with Crippen molar-refractivity contribution in [3.05, 3.63) is 90.0 Å². The molecule has 0 aliphatic carbocycles. The Hall–Kier alpha value is -3.60. The van der Waals surface area contributed by atoms with Crippen molar-refractivity contribution < 1.29 is 14.3 Å². The van der Waals surface area contributed by atoms with Crippen LogP contribution >= 0.6 is 0 Å². The fourth-order valence-electron chi connectivity index (χ4n) is 2.28. The van der Waals surface area contributed by atoms with Crippen molar-refractivity contribution in [2.24, 2.45) is 5.10 Å². The molecule has 0 heterocycles. The summed E-state index contributed by atoms with van der Waals surface area (Å²) in [5, 5.41) is 3.96. The maximum absolute atomic E-state index is 11.8. The standard InChI is InChI=1S/C22H20N2O3/c1-17-10-12-19(13-11-17)26-16-22(25)24-23-15-18-6-5-9-21(14-18)27-20-7-3-2-4-8-20/h2-15H,16H2,1H3,(H,24,25). The molecule has 136 valence electrons. The van der Waals surface area contributed by atoms with Gasteiger partial charge in [0.05, 0.1) is 6.21 Å². The van der Waals surface area contributed by atoms with Crippen molar-refractivity contribution in [2.75, 3.05) is 6.61 Å². The summed E-state index contributed by atoms with van der Waals surface area (Å²) >= 11 is 0. The van der Waals surface area contributed by atoms with Crippen molar-refractivity contribution >= 4 is 12.1 Å². The van der Waals surface area contributed by atoms with Crippen molar-refractivity contribution in [3.63, 3.8) is 0 Å². The summed E-state index contributed by atoms with van der Waals surface area (Å²) in [6, 6.07) is 24.5. The molecule has 5 heteroatoms. The van der Waals surface area contributed by atoms with Crippen LogP contribution in [0.1, 0.15) is 11.1 Å². The van der Waals surface area contributed by atoms with Crippen molar-refractivity contribution in [3.8, 4) is 17.2 Å². The number of hydrogen-bond donors (Lipinski definition) is 1. The van der Waals surface area contributed by atoms with Crippen LogP contribution in [0.4, 0.5) is 0 Å². The number of carbonyl (C=O) groups is 1. The smallest absolute Gasteiger partial charge is 0.277 e. The molecule has 3 aromatic carbocycles. The van der Waals surface area contributed by atoms with Crippen LogP contribution in [0.15, 0.2) is 84.0 Å². The van der Waals surface area contributed by atoms with Crippen LogP contribution in [0.3, 0.4) is 0 Å². The van der Waals surface area contributed by atoms with Gasteiger partial charge in [-0.3, -0.25) is 4.79 Å². The summed E-state index contributed by atoms with van der Waals surface area (Å²) in [6.07, 6.45) is 1.56. The highest BCUT2D eigenvalue weighted by atomic mass is 16.5. The zero-order valence-corrected chi connectivity index (χ0v) is 15.0. The van der Waals surface area contributed by atoms with E-state index in [4.69, 9.17) is 9.47 Å². The van der Waals surface area contributed by atoms with E-state index < -0.39 is 0 Å². The summed E-state index contributed by atoms with van der Waals surface area (Å²) < 4.78 is 11.2. The molecule has 27 heavy (non-hydrogen) atoms. The Bertz CT molecular complexity index is 906. The Balaban J connectivity index is 1.49. The van der Waals surface area contributed by atoms with Gasteiger partial charge in [0.15, 0.2) is 6.61 Å². The van der Waals surface area contributed by atoms with E-state index in [9.17, 15) is 4.79 Å². The highest BCUT2D eigenvalue weighted by molar-refractivity contribution is 5.83. The molecule has 0 spiro atoms. The number of hydrazone groups is 1. The minimum atomic E-state index is -0.330. The first-order valence-corrected chi connectivity index (χ1v) is 8.53. The quantitative estimate of drug-likeness (QED) is 0.504. The van der Waals surface area contributed by atoms with Gasteiger partial charge in [0, 0.05) is 0 Å². The molecule has 0 atom stereocenters. The van der Waals surface area contributed by atoms with Gasteiger partial charge in [-0.2, -0.15) is 5.10 Å². The van der Waals surface area contributed by atoms with Gasteiger partial charge in [-0.05, 0) is 48.9 Å². The predicted molar refractivity (Wildman–Crippen MR) is 105 cm³/mol.